The normalized spacial score (nSPS) is 24.4. The lowest BCUT2D eigenvalue weighted by molar-refractivity contribution is 0.428. The number of likely N-dealkylation sites (N-methyl/N-ethyl adjacent to an activating group) is 1. The average molecular weight is 215 g/mol. The molecule has 3 heteroatoms. The van der Waals surface area contributed by atoms with E-state index in [9.17, 15) is 0 Å². The van der Waals surface area contributed by atoms with Gasteiger partial charge in [-0.2, -0.15) is 5.26 Å². The van der Waals surface area contributed by atoms with Crippen LogP contribution in [0.5, 0.6) is 0 Å². The van der Waals surface area contributed by atoms with Crippen molar-refractivity contribution >= 4 is 5.69 Å². The maximum atomic E-state index is 8.87. The fraction of sp³-hybridized carbons (Fsp3) is 0.462. The number of nitriles is 1. The molecule has 0 aliphatic carbocycles. The number of nitrogens with zero attached hydrogens (tertiary/aromatic N) is 2. The summed E-state index contributed by atoms with van der Waals surface area (Å²) in [6, 6.07) is 10.0. The van der Waals surface area contributed by atoms with E-state index in [-0.39, 0.29) is 5.54 Å². The summed E-state index contributed by atoms with van der Waals surface area (Å²) in [4.78, 5) is 2.33. The van der Waals surface area contributed by atoms with Gasteiger partial charge >= 0.3 is 0 Å². The smallest absolute Gasteiger partial charge is 0.0992 e. The van der Waals surface area contributed by atoms with Crippen molar-refractivity contribution in [2.45, 2.75) is 18.9 Å². The zero-order valence-corrected chi connectivity index (χ0v) is 9.83. The number of hydrogen-bond donors (Lipinski definition) is 1. The van der Waals surface area contributed by atoms with Crippen LogP contribution in [0.1, 0.15) is 18.9 Å². The zero-order valence-electron chi connectivity index (χ0n) is 9.83. The molecule has 0 bridgehead atoms. The van der Waals surface area contributed by atoms with E-state index in [2.05, 4.69) is 29.3 Å². The fourth-order valence-corrected chi connectivity index (χ4v) is 2.16. The lowest BCUT2D eigenvalue weighted by atomic mass is 10.0. The van der Waals surface area contributed by atoms with Gasteiger partial charge in [-0.05, 0) is 38.6 Å². The Morgan fingerprint density at radius 3 is 2.94 bits per heavy atom. The first-order valence-electron chi connectivity index (χ1n) is 5.61. The van der Waals surface area contributed by atoms with Crippen molar-refractivity contribution < 1.29 is 0 Å². The van der Waals surface area contributed by atoms with E-state index in [0.29, 0.717) is 0 Å². The summed E-state index contributed by atoms with van der Waals surface area (Å²) in [6.45, 7) is 4.28. The standard InChI is InChI=1S/C13H17N3/c1-13(15-2)6-7-16(10-13)12-5-3-4-11(8-12)9-14/h3-5,8,15H,6-7,10H2,1-2H3. The third-order valence-electron chi connectivity index (χ3n) is 3.42. The number of nitrogens with one attached hydrogen (secondary N) is 1. The van der Waals surface area contributed by atoms with Gasteiger partial charge in [-0.25, -0.2) is 0 Å². The SMILES string of the molecule is CNC1(C)CCN(c2cccc(C#N)c2)C1. The average Bonchev–Trinajstić information content (AvgIpc) is 2.73. The van der Waals surface area contributed by atoms with Gasteiger partial charge in [0.05, 0.1) is 11.6 Å². The van der Waals surface area contributed by atoms with Gasteiger partial charge in [-0.1, -0.05) is 6.07 Å². The van der Waals surface area contributed by atoms with E-state index in [1.54, 1.807) is 0 Å². The first-order chi connectivity index (χ1) is 7.67. The van der Waals surface area contributed by atoms with E-state index in [1.807, 2.05) is 25.2 Å². The molecule has 2 rings (SSSR count). The molecule has 0 amide bonds. The molecule has 1 saturated heterocycles. The van der Waals surface area contributed by atoms with Gasteiger partial charge in [0, 0.05) is 24.3 Å². The van der Waals surface area contributed by atoms with Gasteiger partial charge in [0.25, 0.3) is 0 Å². The van der Waals surface area contributed by atoms with E-state index in [0.717, 1.165) is 30.8 Å². The molecule has 1 aliphatic heterocycles. The van der Waals surface area contributed by atoms with Crippen molar-refractivity contribution in [3.05, 3.63) is 29.8 Å². The number of anilines is 1. The Balaban J connectivity index is 2.18. The summed E-state index contributed by atoms with van der Waals surface area (Å²) in [5, 5.41) is 12.2. The van der Waals surface area contributed by atoms with Crippen molar-refractivity contribution in [2.24, 2.45) is 0 Å². The fourth-order valence-electron chi connectivity index (χ4n) is 2.16. The maximum absolute atomic E-state index is 8.87. The Morgan fingerprint density at radius 1 is 1.50 bits per heavy atom. The second-order valence-electron chi connectivity index (χ2n) is 4.64. The molecule has 1 heterocycles. The topological polar surface area (TPSA) is 39.1 Å². The Bertz CT molecular complexity index is 421. The van der Waals surface area contributed by atoms with Gasteiger partial charge in [-0.15, -0.1) is 0 Å². The molecule has 1 aliphatic rings. The summed E-state index contributed by atoms with van der Waals surface area (Å²) in [7, 11) is 2.01. The Kier molecular flexibility index (Phi) is 2.84. The largest absolute Gasteiger partial charge is 0.370 e. The lowest BCUT2D eigenvalue weighted by Gasteiger charge is -2.25. The van der Waals surface area contributed by atoms with Crippen molar-refractivity contribution in [2.75, 3.05) is 25.0 Å². The molecule has 0 radical (unpaired) electrons. The van der Waals surface area contributed by atoms with Crippen LogP contribution in [0.2, 0.25) is 0 Å². The van der Waals surface area contributed by atoms with Crippen molar-refractivity contribution in [3.8, 4) is 6.07 Å². The highest BCUT2D eigenvalue weighted by Gasteiger charge is 2.32. The summed E-state index contributed by atoms with van der Waals surface area (Å²) in [6.07, 6.45) is 1.14. The van der Waals surface area contributed by atoms with Crippen molar-refractivity contribution in [1.29, 1.82) is 5.26 Å². The molecular formula is C13H17N3. The molecule has 3 nitrogen and oxygen atoms in total. The highest BCUT2D eigenvalue weighted by molar-refractivity contribution is 5.52. The van der Waals surface area contributed by atoms with Crippen LogP contribution in [0.3, 0.4) is 0 Å². The Morgan fingerprint density at radius 2 is 2.31 bits per heavy atom. The van der Waals surface area contributed by atoms with Crippen LogP contribution < -0.4 is 10.2 Å². The van der Waals surface area contributed by atoms with E-state index in [4.69, 9.17) is 5.26 Å². The van der Waals surface area contributed by atoms with Gasteiger partial charge in [0.1, 0.15) is 0 Å². The first-order valence-corrected chi connectivity index (χ1v) is 5.61. The molecule has 0 aromatic heterocycles. The molecular weight excluding hydrogens is 198 g/mol. The van der Waals surface area contributed by atoms with Crippen LogP contribution in [0.4, 0.5) is 5.69 Å². The van der Waals surface area contributed by atoms with Crippen molar-refractivity contribution in [3.63, 3.8) is 0 Å². The van der Waals surface area contributed by atoms with E-state index >= 15 is 0 Å². The molecule has 1 unspecified atom stereocenters. The number of hydrogen-bond acceptors (Lipinski definition) is 3. The molecule has 84 valence electrons. The van der Waals surface area contributed by atoms with Gasteiger partial charge in [0.2, 0.25) is 0 Å². The monoisotopic (exact) mass is 215 g/mol. The van der Waals surface area contributed by atoms with Crippen LogP contribution in [0.15, 0.2) is 24.3 Å². The summed E-state index contributed by atoms with van der Waals surface area (Å²) in [5.41, 5.74) is 2.08. The second kappa shape index (κ2) is 4.15. The first kappa shape index (κ1) is 11.0. The minimum absolute atomic E-state index is 0.197. The van der Waals surface area contributed by atoms with Gasteiger partial charge < -0.3 is 10.2 Å². The quantitative estimate of drug-likeness (QED) is 0.817. The molecule has 0 spiro atoms. The van der Waals surface area contributed by atoms with Crippen LogP contribution in [0.25, 0.3) is 0 Å². The molecule has 1 N–H and O–H groups in total. The third kappa shape index (κ3) is 2.02. The molecule has 1 atom stereocenters. The summed E-state index contributed by atoms with van der Waals surface area (Å²) >= 11 is 0. The van der Waals surface area contributed by atoms with Crippen LogP contribution in [-0.4, -0.2) is 25.7 Å². The minimum atomic E-state index is 0.197. The van der Waals surface area contributed by atoms with Crippen LogP contribution in [0, 0.1) is 11.3 Å². The summed E-state index contributed by atoms with van der Waals surface area (Å²) < 4.78 is 0. The third-order valence-corrected chi connectivity index (χ3v) is 3.42. The number of rotatable bonds is 2. The maximum Gasteiger partial charge on any atom is 0.0992 e. The van der Waals surface area contributed by atoms with Crippen molar-refractivity contribution in [1.82, 2.24) is 5.32 Å². The number of benzene rings is 1. The predicted molar refractivity (Wildman–Crippen MR) is 65.5 cm³/mol. The summed E-state index contributed by atoms with van der Waals surface area (Å²) in [5.74, 6) is 0. The van der Waals surface area contributed by atoms with Gasteiger partial charge in [-0.3, -0.25) is 0 Å². The highest BCUT2D eigenvalue weighted by atomic mass is 15.2. The molecule has 1 fully saturated rings. The Labute approximate surface area is 96.7 Å². The zero-order chi connectivity index (χ0) is 11.6. The molecule has 0 saturated carbocycles. The second-order valence-corrected chi connectivity index (χ2v) is 4.64. The van der Waals surface area contributed by atoms with Gasteiger partial charge in [0.15, 0.2) is 0 Å². The lowest BCUT2D eigenvalue weighted by Crippen LogP contribution is -2.42. The van der Waals surface area contributed by atoms with E-state index in [1.165, 1.54) is 0 Å². The Hall–Kier alpha value is -1.53. The molecule has 16 heavy (non-hydrogen) atoms. The highest BCUT2D eigenvalue weighted by Crippen LogP contribution is 2.26. The molecule has 1 aromatic rings. The predicted octanol–water partition coefficient (Wildman–Crippen LogP) is 1.75. The minimum Gasteiger partial charge on any atom is -0.370 e. The van der Waals surface area contributed by atoms with E-state index < -0.39 is 0 Å². The van der Waals surface area contributed by atoms with Crippen LogP contribution >= 0.6 is 0 Å². The molecule has 1 aromatic carbocycles. The van der Waals surface area contributed by atoms with Crippen LogP contribution in [-0.2, 0) is 0 Å².